The molecule has 1 aliphatic carbocycles. The number of allylic oxidation sites excluding steroid dienone is 2. The van der Waals surface area contributed by atoms with Crippen LogP contribution in [0.5, 0.6) is 0 Å². The zero-order valence-corrected chi connectivity index (χ0v) is 11.0. The lowest BCUT2D eigenvalue weighted by Crippen LogP contribution is -2.24. The fraction of sp³-hybridized carbons (Fsp3) is 0. The normalized spacial score (nSPS) is 14.2. The topological polar surface area (TPSA) is 59.1 Å². The predicted molar refractivity (Wildman–Crippen MR) is 75.8 cm³/mol. The maximum atomic E-state index is 12.4. The van der Waals surface area contributed by atoms with Crippen LogP contribution in [0.3, 0.4) is 0 Å². The molecule has 0 radical (unpaired) electrons. The van der Waals surface area contributed by atoms with Crippen molar-refractivity contribution in [2.24, 2.45) is 0 Å². The van der Waals surface area contributed by atoms with Gasteiger partial charge in [-0.2, -0.15) is 0 Å². The molecule has 1 heterocycles. The van der Waals surface area contributed by atoms with Crippen LogP contribution in [0, 0.1) is 0 Å². The van der Waals surface area contributed by atoms with Gasteiger partial charge >= 0.3 is 0 Å². The molecule has 1 N–H and O–H groups in total. The summed E-state index contributed by atoms with van der Waals surface area (Å²) in [6.45, 7) is 0. The van der Waals surface area contributed by atoms with Gasteiger partial charge in [-0.05, 0) is 12.1 Å². The van der Waals surface area contributed by atoms with Crippen LogP contribution in [-0.2, 0) is 0 Å². The molecule has 98 valence electrons. The molecule has 1 aromatic heterocycles. The number of benzene rings is 1. The number of nitrogens with zero attached hydrogens (tertiary/aromatic N) is 1. The van der Waals surface area contributed by atoms with Crippen LogP contribution in [0.2, 0.25) is 0 Å². The molecule has 5 heteroatoms. The van der Waals surface area contributed by atoms with Crippen molar-refractivity contribution in [3.8, 4) is 0 Å². The number of Topliss-reactive ketones (excluding diaryl/α,β-unsaturated/α-hetero) is 2. The number of ketones is 2. The number of rotatable bonds is 2. The van der Waals surface area contributed by atoms with Gasteiger partial charge in [0.15, 0.2) is 0 Å². The van der Waals surface area contributed by atoms with Gasteiger partial charge in [0.05, 0.1) is 0 Å². The largest absolute Gasteiger partial charge is 0.336 e. The minimum absolute atomic E-state index is 0.0640. The number of halogens is 1. The molecule has 4 nitrogen and oxygen atoms in total. The van der Waals surface area contributed by atoms with E-state index in [0.717, 1.165) is 0 Å². The SMILES string of the molecule is O=C1C(Cl)=C(Nc2ccccn2)C(=O)c2ccccc21. The summed E-state index contributed by atoms with van der Waals surface area (Å²) >= 11 is 6.02. The second-order valence-electron chi connectivity index (χ2n) is 4.23. The molecular formula is C15H9ClN2O2. The van der Waals surface area contributed by atoms with Crippen LogP contribution < -0.4 is 5.32 Å². The molecule has 20 heavy (non-hydrogen) atoms. The van der Waals surface area contributed by atoms with E-state index < -0.39 is 0 Å². The van der Waals surface area contributed by atoms with Crippen LogP contribution >= 0.6 is 11.6 Å². The average Bonchev–Trinajstić information content (AvgIpc) is 2.50. The fourth-order valence-corrected chi connectivity index (χ4v) is 2.26. The number of aromatic nitrogens is 1. The van der Waals surface area contributed by atoms with Gasteiger partial charge in [0, 0.05) is 17.3 Å². The van der Waals surface area contributed by atoms with E-state index in [1.54, 1.807) is 48.7 Å². The number of carbonyl (C=O) groups excluding carboxylic acids is 2. The first kappa shape index (κ1) is 12.6. The number of hydrogen-bond acceptors (Lipinski definition) is 4. The van der Waals surface area contributed by atoms with Crippen LogP contribution in [0.25, 0.3) is 0 Å². The molecule has 0 saturated heterocycles. The molecule has 0 atom stereocenters. The third-order valence-electron chi connectivity index (χ3n) is 2.98. The molecule has 2 aromatic rings. The summed E-state index contributed by atoms with van der Waals surface area (Å²) in [7, 11) is 0. The Kier molecular flexibility index (Phi) is 3.08. The zero-order chi connectivity index (χ0) is 14.1. The zero-order valence-electron chi connectivity index (χ0n) is 10.3. The van der Waals surface area contributed by atoms with Gasteiger partial charge in [-0.3, -0.25) is 9.59 Å². The van der Waals surface area contributed by atoms with Crippen molar-refractivity contribution in [3.05, 3.63) is 70.5 Å². The molecule has 0 saturated carbocycles. The number of hydrogen-bond donors (Lipinski definition) is 1. The van der Waals surface area contributed by atoms with Crippen molar-refractivity contribution in [2.45, 2.75) is 0 Å². The molecule has 1 aliphatic rings. The Hall–Kier alpha value is -2.46. The van der Waals surface area contributed by atoms with Gasteiger partial charge in [0.1, 0.15) is 16.5 Å². The van der Waals surface area contributed by atoms with E-state index >= 15 is 0 Å². The Morgan fingerprint density at radius 1 is 0.900 bits per heavy atom. The van der Waals surface area contributed by atoms with Gasteiger partial charge in [-0.25, -0.2) is 4.98 Å². The summed E-state index contributed by atoms with van der Waals surface area (Å²) in [6.07, 6.45) is 1.58. The van der Waals surface area contributed by atoms with E-state index in [-0.39, 0.29) is 22.3 Å². The number of anilines is 1. The standard InChI is InChI=1S/C15H9ClN2O2/c16-12-13(18-11-7-3-4-8-17-11)15(20)10-6-2-1-5-9(10)14(12)19/h1-8H,(H,17,18). The monoisotopic (exact) mass is 284 g/mol. The van der Waals surface area contributed by atoms with Crippen LogP contribution in [0.4, 0.5) is 5.82 Å². The molecule has 3 rings (SSSR count). The lowest BCUT2D eigenvalue weighted by atomic mass is 9.92. The van der Waals surface area contributed by atoms with E-state index in [9.17, 15) is 9.59 Å². The van der Waals surface area contributed by atoms with E-state index in [2.05, 4.69) is 10.3 Å². The molecule has 0 spiro atoms. The molecule has 0 amide bonds. The van der Waals surface area contributed by atoms with Gasteiger partial charge in [0.2, 0.25) is 11.6 Å². The molecule has 1 aromatic carbocycles. The summed E-state index contributed by atoms with van der Waals surface area (Å²) < 4.78 is 0. The second kappa shape index (κ2) is 4.90. The van der Waals surface area contributed by atoms with Crippen molar-refractivity contribution in [3.63, 3.8) is 0 Å². The van der Waals surface area contributed by atoms with Crippen molar-refractivity contribution in [2.75, 3.05) is 5.32 Å². The first-order valence-corrected chi connectivity index (χ1v) is 6.32. The van der Waals surface area contributed by atoms with Crippen molar-refractivity contribution in [1.29, 1.82) is 0 Å². The predicted octanol–water partition coefficient (Wildman–Crippen LogP) is 3.02. The maximum Gasteiger partial charge on any atom is 0.211 e. The highest BCUT2D eigenvalue weighted by Crippen LogP contribution is 2.28. The first-order valence-electron chi connectivity index (χ1n) is 5.95. The Morgan fingerprint density at radius 3 is 2.20 bits per heavy atom. The first-order chi connectivity index (χ1) is 9.68. The van der Waals surface area contributed by atoms with E-state index in [4.69, 9.17) is 11.6 Å². The lowest BCUT2D eigenvalue weighted by Gasteiger charge is -2.18. The van der Waals surface area contributed by atoms with E-state index in [1.807, 2.05) is 0 Å². The highest BCUT2D eigenvalue weighted by atomic mass is 35.5. The van der Waals surface area contributed by atoms with Crippen molar-refractivity contribution >= 4 is 29.0 Å². The quantitative estimate of drug-likeness (QED) is 0.921. The number of fused-ring (bicyclic) bond motifs is 1. The molecule has 0 unspecified atom stereocenters. The minimum Gasteiger partial charge on any atom is -0.336 e. The van der Waals surface area contributed by atoms with Gasteiger partial charge in [0.25, 0.3) is 0 Å². The van der Waals surface area contributed by atoms with E-state index in [1.165, 1.54) is 0 Å². The van der Waals surface area contributed by atoms with Crippen LogP contribution in [0.15, 0.2) is 59.4 Å². The number of nitrogens with one attached hydrogen (secondary N) is 1. The lowest BCUT2D eigenvalue weighted by molar-refractivity contribution is 0.0982. The van der Waals surface area contributed by atoms with Crippen molar-refractivity contribution < 1.29 is 9.59 Å². The third kappa shape index (κ3) is 2.00. The number of carbonyl (C=O) groups is 2. The van der Waals surface area contributed by atoms with Gasteiger partial charge < -0.3 is 5.32 Å². The molecule has 0 bridgehead atoms. The highest BCUT2D eigenvalue weighted by molar-refractivity contribution is 6.50. The summed E-state index contributed by atoms with van der Waals surface area (Å²) in [5.41, 5.74) is 0.739. The minimum atomic E-state index is -0.361. The smallest absolute Gasteiger partial charge is 0.211 e. The van der Waals surface area contributed by atoms with Gasteiger partial charge in [-0.1, -0.05) is 41.9 Å². The Balaban J connectivity index is 2.06. The summed E-state index contributed by atoms with van der Waals surface area (Å²) in [5.74, 6) is -0.211. The summed E-state index contributed by atoms with van der Waals surface area (Å²) in [6, 6.07) is 11.8. The third-order valence-corrected chi connectivity index (χ3v) is 3.34. The fourth-order valence-electron chi connectivity index (χ4n) is 2.02. The maximum absolute atomic E-state index is 12.4. The van der Waals surface area contributed by atoms with Crippen LogP contribution in [0.1, 0.15) is 20.7 Å². The van der Waals surface area contributed by atoms with E-state index in [0.29, 0.717) is 16.9 Å². The Labute approximate surface area is 120 Å². The van der Waals surface area contributed by atoms with Crippen molar-refractivity contribution in [1.82, 2.24) is 4.98 Å². The number of pyridine rings is 1. The summed E-state index contributed by atoms with van der Waals surface area (Å²) in [5, 5.41) is 2.71. The Bertz CT molecular complexity index is 739. The second-order valence-corrected chi connectivity index (χ2v) is 4.61. The summed E-state index contributed by atoms with van der Waals surface area (Å²) in [4.78, 5) is 28.6. The average molecular weight is 285 g/mol. The molecular weight excluding hydrogens is 276 g/mol. The van der Waals surface area contributed by atoms with Crippen LogP contribution in [-0.4, -0.2) is 16.6 Å². The molecule has 0 aliphatic heterocycles. The van der Waals surface area contributed by atoms with Gasteiger partial charge in [-0.15, -0.1) is 0 Å². The Morgan fingerprint density at radius 2 is 1.55 bits per heavy atom. The molecule has 0 fully saturated rings. The highest BCUT2D eigenvalue weighted by Gasteiger charge is 2.31.